The number of phosphoric ester groups is 2. The van der Waals surface area contributed by atoms with E-state index in [1.807, 2.05) is 0 Å². The average molecular weight is 1490 g/mol. The molecule has 17 nitrogen and oxygen atoms in total. The van der Waals surface area contributed by atoms with Crippen LogP contribution in [0.5, 0.6) is 0 Å². The van der Waals surface area contributed by atoms with Gasteiger partial charge in [-0.05, 0) is 43.4 Å². The molecule has 0 aliphatic rings. The van der Waals surface area contributed by atoms with Crippen molar-refractivity contribution in [2.75, 3.05) is 39.6 Å². The second-order valence-electron chi connectivity index (χ2n) is 30.8. The summed E-state index contributed by atoms with van der Waals surface area (Å²) in [4.78, 5) is 73.1. The lowest BCUT2D eigenvalue weighted by molar-refractivity contribution is -0.161. The number of aliphatic hydroxyl groups excluding tert-OH is 1. The molecule has 0 spiro atoms. The summed E-state index contributed by atoms with van der Waals surface area (Å²) in [6.07, 6.45) is 62.3. The molecule has 19 heteroatoms. The summed E-state index contributed by atoms with van der Waals surface area (Å²) >= 11 is 0. The summed E-state index contributed by atoms with van der Waals surface area (Å²) in [7, 11) is -9.92. The minimum Gasteiger partial charge on any atom is -0.462 e. The number of phosphoric acid groups is 2. The first kappa shape index (κ1) is 100. The summed E-state index contributed by atoms with van der Waals surface area (Å²) in [5.74, 6) is 0.312. The lowest BCUT2D eigenvalue weighted by atomic mass is 9.99. The Kier molecular flexibility index (Phi) is 71.8. The third kappa shape index (κ3) is 73.6. The van der Waals surface area contributed by atoms with E-state index < -0.39 is 97.5 Å². The van der Waals surface area contributed by atoms with Gasteiger partial charge in [0.15, 0.2) is 12.2 Å². The van der Waals surface area contributed by atoms with Gasteiger partial charge in [-0.3, -0.25) is 37.3 Å². The summed E-state index contributed by atoms with van der Waals surface area (Å²) in [5, 5.41) is 10.7. The third-order valence-electron chi connectivity index (χ3n) is 20.1. The summed E-state index contributed by atoms with van der Waals surface area (Å²) in [5.41, 5.74) is 0. The average Bonchev–Trinajstić information content (AvgIpc) is 0.924. The Morgan fingerprint density at radius 1 is 0.284 bits per heavy atom. The van der Waals surface area contributed by atoms with Gasteiger partial charge in [-0.15, -0.1) is 0 Å². The van der Waals surface area contributed by atoms with Crippen molar-refractivity contribution in [3.63, 3.8) is 0 Å². The molecule has 0 aliphatic carbocycles. The van der Waals surface area contributed by atoms with Gasteiger partial charge in [-0.2, -0.15) is 0 Å². The van der Waals surface area contributed by atoms with Crippen molar-refractivity contribution in [2.24, 2.45) is 17.8 Å². The van der Waals surface area contributed by atoms with Gasteiger partial charge in [0.05, 0.1) is 26.4 Å². The fourth-order valence-electron chi connectivity index (χ4n) is 12.8. The van der Waals surface area contributed by atoms with E-state index in [1.54, 1.807) is 0 Å². The van der Waals surface area contributed by atoms with Crippen LogP contribution in [0.4, 0.5) is 0 Å². The Morgan fingerprint density at radius 2 is 0.500 bits per heavy atom. The fourth-order valence-corrected chi connectivity index (χ4v) is 14.4. The van der Waals surface area contributed by atoms with Crippen LogP contribution < -0.4 is 0 Å². The predicted molar refractivity (Wildman–Crippen MR) is 418 cm³/mol. The number of carbonyl (C=O) groups excluding carboxylic acids is 4. The molecule has 0 rings (SSSR count). The minimum absolute atomic E-state index is 0.107. The second kappa shape index (κ2) is 73.2. The highest BCUT2D eigenvalue weighted by atomic mass is 31.2. The number of rotatable bonds is 81. The number of aliphatic hydroxyl groups is 1. The highest BCUT2D eigenvalue weighted by molar-refractivity contribution is 7.47. The van der Waals surface area contributed by atoms with E-state index in [-0.39, 0.29) is 25.7 Å². The molecule has 0 heterocycles. The van der Waals surface area contributed by atoms with Crippen molar-refractivity contribution in [1.82, 2.24) is 0 Å². The highest BCUT2D eigenvalue weighted by Crippen LogP contribution is 2.45. The van der Waals surface area contributed by atoms with Crippen LogP contribution in [-0.4, -0.2) is 96.7 Å². The van der Waals surface area contributed by atoms with Crippen molar-refractivity contribution < 1.29 is 80.2 Å². The SMILES string of the molecule is CCCCCCCCCCCCCCCCC(=O)O[C@H](COC(=O)CCCCCCCCCCC(C)CC)COP(=O)(O)OC[C@H](O)COP(=O)(O)OC[C@@H](COC(=O)CCCCCCCCCCCCCC(C)C)OC(=O)CCCCCCCCCCCCCCCCCCCCC(C)CC. The van der Waals surface area contributed by atoms with Crippen LogP contribution in [0.1, 0.15) is 434 Å². The topological polar surface area (TPSA) is 237 Å². The first-order valence-corrected chi connectivity index (χ1v) is 45.9. The Labute approximate surface area is 626 Å². The maximum atomic E-state index is 13.1. The predicted octanol–water partition coefficient (Wildman–Crippen LogP) is 24.9. The van der Waals surface area contributed by atoms with E-state index in [0.29, 0.717) is 25.7 Å². The zero-order chi connectivity index (χ0) is 75.1. The molecule has 0 bridgehead atoms. The zero-order valence-electron chi connectivity index (χ0n) is 67.1. The Bertz CT molecular complexity index is 1980. The first-order chi connectivity index (χ1) is 49.3. The van der Waals surface area contributed by atoms with Gasteiger partial charge in [0.1, 0.15) is 19.3 Å². The molecule has 0 saturated heterocycles. The van der Waals surface area contributed by atoms with Crippen LogP contribution in [0.25, 0.3) is 0 Å². The van der Waals surface area contributed by atoms with Crippen molar-refractivity contribution in [2.45, 2.75) is 452 Å². The molecule has 7 atom stereocenters. The van der Waals surface area contributed by atoms with Gasteiger partial charge in [-0.25, -0.2) is 9.13 Å². The first-order valence-electron chi connectivity index (χ1n) is 42.9. The Balaban J connectivity index is 5.23. The number of hydrogen-bond acceptors (Lipinski definition) is 15. The Hall–Kier alpha value is -1.94. The largest absolute Gasteiger partial charge is 0.472 e. The van der Waals surface area contributed by atoms with E-state index >= 15 is 0 Å². The lowest BCUT2D eigenvalue weighted by Gasteiger charge is -2.21. The molecule has 606 valence electrons. The van der Waals surface area contributed by atoms with E-state index in [0.717, 1.165) is 108 Å². The molecule has 0 fully saturated rings. The molecule has 3 N–H and O–H groups in total. The van der Waals surface area contributed by atoms with E-state index in [9.17, 15) is 43.2 Å². The van der Waals surface area contributed by atoms with Gasteiger partial charge in [0.25, 0.3) is 0 Å². The Morgan fingerprint density at radius 3 is 0.745 bits per heavy atom. The van der Waals surface area contributed by atoms with Crippen molar-refractivity contribution in [3.05, 3.63) is 0 Å². The molecule has 0 saturated carbocycles. The van der Waals surface area contributed by atoms with Gasteiger partial charge >= 0.3 is 39.5 Å². The van der Waals surface area contributed by atoms with Crippen LogP contribution in [0, 0.1) is 17.8 Å². The van der Waals surface area contributed by atoms with Crippen molar-refractivity contribution in [1.29, 1.82) is 0 Å². The molecule has 0 aromatic carbocycles. The van der Waals surface area contributed by atoms with Gasteiger partial charge in [0, 0.05) is 25.7 Å². The van der Waals surface area contributed by atoms with Crippen molar-refractivity contribution in [3.8, 4) is 0 Å². The fraction of sp³-hybridized carbons (Fsp3) is 0.952. The normalized spacial score (nSPS) is 14.5. The van der Waals surface area contributed by atoms with E-state index in [4.69, 9.17) is 37.0 Å². The van der Waals surface area contributed by atoms with Gasteiger partial charge in [0.2, 0.25) is 0 Å². The molecule has 0 amide bonds. The summed E-state index contributed by atoms with van der Waals surface area (Å²) in [6.45, 7) is 12.0. The molecular formula is C83H162O17P2. The molecule has 0 radical (unpaired) electrons. The molecule has 102 heavy (non-hydrogen) atoms. The molecule has 0 aliphatic heterocycles. The number of ether oxygens (including phenoxy) is 4. The van der Waals surface area contributed by atoms with Crippen LogP contribution in [0.15, 0.2) is 0 Å². The van der Waals surface area contributed by atoms with Crippen LogP contribution in [-0.2, 0) is 65.4 Å². The maximum Gasteiger partial charge on any atom is 0.472 e. The maximum absolute atomic E-state index is 13.1. The summed E-state index contributed by atoms with van der Waals surface area (Å²) < 4.78 is 68.8. The number of esters is 4. The van der Waals surface area contributed by atoms with Crippen molar-refractivity contribution >= 4 is 39.5 Å². The summed E-state index contributed by atoms with van der Waals surface area (Å²) in [6, 6.07) is 0. The van der Waals surface area contributed by atoms with Gasteiger partial charge < -0.3 is 33.8 Å². The minimum atomic E-state index is -4.96. The van der Waals surface area contributed by atoms with E-state index in [2.05, 4.69) is 48.5 Å². The quantitative estimate of drug-likeness (QED) is 0.0222. The molecule has 0 aromatic rings. The number of unbranched alkanes of at least 4 members (excludes halogenated alkanes) is 47. The second-order valence-corrected chi connectivity index (χ2v) is 33.7. The number of carbonyl (C=O) groups is 4. The smallest absolute Gasteiger partial charge is 0.462 e. The van der Waals surface area contributed by atoms with Crippen LogP contribution in [0.3, 0.4) is 0 Å². The molecular weight excluding hydrogens is 1330 g/mol. The van der Waals surface area contributed by atoms with Crippen LogP contribution >= 0.6 is 15.6 Å². The molecule has 4 unspecified atom stereocenters. The van der Waals surface area contributed by atoms with E-state index in [1.165, 1.54) is 244 Å². The number of hydrogen-bond donors (Lipinski definition) is 3. The zero-order valence-corrected chi connectivity index (χ0v) is 68.9. The van der Waals surface area contributed by atoms with Gasteiger partial charge in [-0.1, -0.05) is 382 Å². The lowest BCUT2D eigenvalue weighted by Crippen LogP contribution is -2.30. The molecule has 0 aromatic heterocycles. The highest BCUT2D eigenvalue weighted by Gasteiger charge is 2.30. The third-order valence-corrected chi connectivity index (χ3v) is 22.0. The standard InChI is InChI=1S/C83H162O17P2/c1-8-11-12-13-14-15-16-17-25-30-36-45-52-59-66-82(87)100-79(71-94-81(86)65-58-51-44-39-38-42-49-56-63-76(7)10-3)73-98-102(91,92)96-69-77(84)68-95-101(89,90)97-72-78(70-93-80(85)64-57-50-43-35-32-27-28-33-40-47-54-61-74(4)5)99-83(88)67-60-53-46-37-31-26-23-21-19-18-20-22-24-29-34-41-48-55-62-75(6)9-2/h74-79,84H,8-73H2,1-7H3,(H,89,90)(H,91,92)/t75?,76?,77-,78-,79-/m1/s1. The monoisotopic (exact) mass is 1490 g/mol. The van der Waals surface area contributed by atoms with Crippen LogP contribution in [0.2, 0.25) is 0 Å².